The van der Waals surface area contributed by atoms with E-state index in [4.69, 9.17) is 5.26 Å². The van der Waals surface area contributed by atoms with Crippen LogP contribution in [0.3, 0.4) is 0 Å². The maximum Gasteiger partial charge on any atom is 0.0621 e. The molecule has 1 aliphatic rings. The highest BCUT2D eigenvalue weighted by Crippen LogP contribution is 2.43. The van der Waals surface area contributed by atoms with Crippen LogP contribution in [0.4, 0.5) is 0 Å². The van der Waals surface area contributed by atoms with Crippen molar-refractivity contribution in [3.05, 3.63) is 0 Å². The molecule has 0 amide bonds. The van der Waals surface area contributed by atoms with E-state index in [0.717, 1.165) is 32.2 Å². The predicted molar refractivity (Wildman–Crippen MR) is 74.1 cm³/mol. The van der Waals surface area contributed by atoms with Crippen molar-refractivity contribution in [2.24, 2.45) is 11.3 Å². The monoisotopic (exact) mass is 252 g/mol. The summed E-state index contributed by atoms with van der Waals surface area (Å²) in [6.45, 7) is 8.00. The number of nitriles is 1. The Morgan fingerprint density at radius 1 is 1.33 bits per heavy atom. The summed E-state index contributed by atoms with van der Waals surface area (Å²) < 4.78 is 0. The molecule has 0 heterocycles. The van der Waals surface area contributed by atoms with Crippen molar-refractivity contribution in [3.8, 4) is 6.07 Å². The smallest absolute Gasteiger partial charge is 0.0621 e. The van der Waals surface area contributed by atoms with E-state index in [0.29, 0.717) is 17.8 Å². The molecule has 1 fully saturated rings. The Morgan fingerprint density at radius 3 is 2.61 bits per heavy atom. The zero-order chi connectivity index (χ0) is 13.6. The molecule has 0 radical (unpaired) electrons. The van der Waals surface area contributed by atoms with E-state index in [1.54, 1.807) is 0 Å². The predicted octanol–water partition coefficient (Wildman–Crippen LogP) is 2.85. The summed E-state index contributed by atoms with van der Waals surface area (Å²) in [5, 5.41) is 21.9. The Kier molecular flexibility index (Phi) is 5.62. The summed E-state index contributed by atoms with van der Waals surface area (Å²) in [5.74, 6) is 0.660. The van der Waals surface area contributed by atoms with Crippen LogP contribution in [0.1, 0.15) is 59.3 Å². The van der Waals surface area contributed by atoms with Gasteiger partial charge in [0.05, 0.1) is 12.7 Å². The summed E-state index contributed by atoms with van der Waals surface area (Å²) in [4.78, 5) is 0. The molecule has 2 atom stereocenters. The maximum atomic E-state index is 9.78. The molecular weight excluding hydrogens is 224 g/mol. The molecule has 0 bridgehead atoms. The number of nitrogens with one attached hydrogen (secondary N) is 1. The molecule has 0 aromatic heterocycles. The highest BCUT2D eigenvalue weighted by atomic mass is 16.3. The van der Waals surface area contributed by atoms with Crippen molar-refractivity contribution in [1.82, 2.24) is 5.32 Å². The van der Waals surface area contributed by atoms with Gasteiger partial charge in [0.15, 0.2) is 0 Å². The molecule has 0 aromatic rings. The second-order valence-corrected chi connectivity index (χ2v) is 6.83. The second-order valence-electron chi connectivity index (χ2n) is 6.83. The quantitative estimate of drug-likeness (QED) is 0.715. The summed E-state index contributed by atoms with van der Waals surface area (Å²) in [5.41, 5.74) is 0.202. The molecule has 104 valence electrons. The Bertz CT molecular complexity index is 295. The molecule has 0 aliphatic heterocycles. The van der Waals surface area contributed by atoms with Crippen molar-refractivity contribution in [3.63, 3.8) is 0 Å². The van der Waals surface area contributed by atoms with Crippen LogP contribution in [-0.4, -0.2) is 23.8 Å². The van der Waals surface area contributed by atoms with Crippen LogP contribution in [0.5, 0.6) is 0 Å². The molecule has 3 heteroatoms. The second kappa shape index (κ2) is 6.54. The fourth-order valence-electron chi connectivity index (χ4n) is 3.74. The molecule has 1 rings (SSSR count). The highest BCUT2D eigenvalue weighted by Gasteiger charge is 2.41. The van der Waals surface area contributed by atoms with Crippen molar-refractivity contribution < 1.29 is 5.11 Å². The molecule has 3 nitrogen and oxygen atoms in total. The molecule has 18 heavy (non-hydrogen) atoms. The van der Waals surface area contributed by atoms with E-state index < -0.39 is 0 Å². The van der Waals surface area contributed by atoms with Crippen LogP contribution in [0.2, 0.25) is 0 Å². The van der Waals surface area contributed by atoms with Crippen LogP contribution >= 0.6 is 0 Å². The fraction of sp³-hybridized carbons (Fsp3) is 0.933. The van der Waals surface area contributed by atoms with Crippen LogP contribution < -0.4 is 5.32 Å². The van der Waals surface area contributed by atoms with Crippen molar-refractivity contribution >= 4 is 0 Å². The first-order chi connectivity index (χ1) is 8.43. The molecule has 1 aliphatic carbocycles. The van der Waals surface area contributed by atoms with Crippen LogP contribution in [0, 0.1) is 22.7 Å². The van der Waals surface area contributed by atoms with E-state index in [1.807, 2.05) is 0 Å². The van der Waals surface area contributed by atoms with E-state index >= 15 is 0 Å². The van der Waals surface area contributed by atoms with Crippen molar-refractivity contribution in [1.29, 1.82) is 5.26 Å². The Morgan fingerprint density at radius 2 is 2.06 bits per heavy atom. The number of aliphatic hydroxyl groups is 1. The van der Waals surface area contributed by atoms with Gasteiger partial charge in [-0.2, -0.15) is 5.26 Å². The van der Waals surface area contributed by atoms with Gasteiger partial charge in [0.2, 0.25) is 0 Å². The normalized spacial score (nSPS) is 30.9. The number of hydrogen-bond acceptors (Lipinski definition) is 3. The number of rotatable bonds is 6. The molecule has 1 saturated carbocycles. The third-order valence-electron chi connectivity index (χ3n) is 3.98. The number of unbranched alkanes of at least 4 members (excludes halogenated alkanes) is 2. The van der Waals surface area contributed by atoms with Gasteiger partial charge in [-0.05, 0) is 50.0 Å². The summed E-state index contributed by atoms with van der Waals surface area (Å²) in [7, 11) is 0. The largest absolute Gasteiger partial charge is 0.394 e. The fourth-order valence-corrected chi connectivity index (χ4v) is 3.74. The topological polar surface area (TPSA) is 56.0 Å². The molecule has 0 spiro atoms. The zero-order valence-electron chi connectivity index (χ0n) is 12.1. The third kappa shape index (κ3) is 4.59. The van der Waals surface area contributed by atoms with Gasteiger partial charge in [-0.1, -0.05) is 20.8 Å². The Labute approximate surface area is 112 Å². The first kappa shape index (κ1) is 15.5. The lowest BCUT2D eigenvalue weighted by Gasteiger charge is -2.47. The summed E-state index contributed by atoms with van der Waals surface area (Å²) in [6, 6.07) is 2.17. The summed E-state index contributed by atoms with van der Waals surface area (Å²) in [6.07, 6.45) is 5.94. The molecule has 0 aromatic carbocycles. The van der Waals surface area contributed by atoms with Gasteiger partial charge >= 0.3 is 0 Å². The van der Waals surface area contributed by atoms with Crippen LogP contribution in [0.25, 0.3) is 0 Å². The minimum absolute atomic E-state index is 0.103. The summed E-state index contributed by atoms with van der Waals surface area (Å²) >= 11 is 0. The Balaban J connectivity index is 2.49. The first-order valence-corrected chi connectivity index (χ1v) is 7.16. The van der Waals surface area contributed by atoms with Gasteiger partial charge in [-0.25, -0.2) is 0 Å². The molecule has 0 unspecified atom stereocenters. The number of nitrogens with zero attached hydrogens (tertiary/aromatic N) is 1. The lowest BCUT2D eigenvalue weighted by molar-refractivity contribution is 0.0364. The first-order valence-electron chi connectivity index (χ1n) is 7.16. The Hall–Kier alpha value is -0.590. The van der Waals surface area contributed by atoms with Gasteiger partial charge in [-0.15, -0.1) is 0 Å². The van der Waals surface area contributed by atoms with Gasteiger partial charge in [0, 0.05) is 12.0 Å². The minimum Gasteiger partial charge on any atom is -0.394 e. The molecule has 2 N–H and O–H groups in total. The highest BCUT2D eigenvalue weighted by molar-refractivity contribution is 4.98. The molecule has 0 saturated heterocycles. The standard InChI is InChI=1S/C15H28N2O/c1-13-9-14(2,3)11-15(10-13,12-18)17-8-6-4-5-7-16/h13,17-18H,4-6,8-12H2,1-3H3/t13-,15-/m0/s1. The van der Waals surface area contributed by atoms with E-state index in [1.165, 1.54) is 6.42 Å². The lowest BCUT2D eigenvalue weighted by Crippen LogP contribution is -2.55. The number of aliphatic hydroxyl groups excluding tert-OH is 1. The van der Waals surface area contributed by atoms with Crippen LogP contribution in [-0.2, 0) is 0 Å². The third-order valence-corrected chi connectivity index (χ3v) is 3.98. The van der Waals surface area contributed by atoms with Crippen molar-refractivity contribution in [2.75, 3.05) is 13.2 Å². The van der Waals surface area contributed by atoms with E-state index in [-0.39, 0.29) is 12.1 Å². The SMILES string of the molecule is C[C@H]1CC(C)(C)C[C@@](CO)(NCCCCC#N)C1. The molecular formula is C15H28N2O. The lowest BCUT2D eigenvalue weighted by atomic mass is 9.64. The number of hydrogen-bond donors (Lipinski definition) is 2. The average Bonchev–Trinajstić information content (AvgIpc) is 2.26. The van der Waals surface area contributed by atoms with E-state index in [2.05, 4.69) is 32.2 Å². The van der Waals surface area contributed by atoms with Gasteiger partial charge in [0.25, 0.3) is 0 Å². The van der Waals surface area contributed by atoms with Gasteiger partial charge in [-0.3, -0.25) is 0 Å². The van der Waals surface area contributed by atoms with Crippen LogP contribution in [0.15, 0.2) is 0 Å². The average molecular weight is 252 g/mol. The van der Waals surface area contributed by atoms with Gasteiger partial charge in [0.1, 0.15) is 0 Å². The van der Waals surface area contributed by atoms with Gasteiger partial charge < -0.3 is 10.4 Å². The van der Waals surface area contributed by atoms with Crippen molar-refractivity contribution in [2.45, 2.75) is 64.8 Å². The maximum absolute atomic E-state index is 9.78. The minimum atomic E-state index is -0.103. The van der Waals surface area contributed by atoms with E-state index in [9.17, 15) is 5.11 Å². The zero-order valence-corrected chi connectivity index (χ0v) is 12.1.